The van der Waals surface area contributed by atoms with Gasteiger partial charge in [0.15, 0.2) is 0 Å². The molecule has 0 saturated carbocycles. The topological polar surface area (TPSA) is 46.3 Å². The summed E-state index contributed by atoms with van der Waals surface area (Å²) >= 11 is 0. The predicted molar refractivity (Wildman–Crippen MR) is 66.2 cm³/mol. The molecule has 3 heteroatoms. The van der Waals surface area contributed by atoms with Gasteiger partial charge in [-0.3, -0.25) is 4.79 Å². The van der Waals surface area contributed by atoms with Crippen molar-refractivity contribution >= 4 is 5.91 Å². The van der Waals surface area contributed by atoms with Crippen molar-refractivity contribution < 1.29 is 4.79 Å². The van der Waals surface area contributed by atoms with Crippen LogP contribution in [0.2, 0.25) is 0 Å². The van der Waals surface area contributed by atoms with E-state index >= 15 is 0 Å². The van der Waals surface area contributed by atoms with E-state index in [0.717, 1.165) is 18.5 Å². The number of nitrogens with zero attached hydrogens (tertiary/aromatic N) is 1. The van der Waals surface area contributed by atoms with Crippen LogP contribution in [0.15, 0.2) is 30.3 Å². The van der Waals surface area contributed by atoms with Gasteiger partial charge in [-0.1, -0.05) is 30.3 Å². The quantitative estimate of drug-likeness (QED) is 0.819. The van der Waals surface area contributed by atoms with E-state index in [2.05, 4.69) is 0 Å². The Morgan fingerprint density at radius 2 is 2.00 bits per heavy atom. The maximum absolute atomic E-state index is 12.0. The molecule has 1 rings (SSSR count). The smallest absolute Gasteiger partial charge is 0.229 e. The predicted octanol–water partition coefficient (Wildman–Crippen LogP) is 1.60. The van der Waals surface area contributed by atoms with Crippen LogP contribution < -0.4 is 5.73 Å². The molecule has 0 bridgehead atoms. The SMILES string of the molecule is CC(C(=O)N(C)CCCN)c1ccccc1. The largest absolute Gasteiger partial charge is 0.345 e. The van der Waals surface area contributed by atoms with Crippen molar-refractivity contribution in [3.63, 3.8) is 0 Å². The first-order chi connectivity index (χ1) is 7.66. The first-order valence-corrected chi connectivity index (χ1v) is 5.66. The second kappa shape index (κ2) is 6.28. The Bertz CT molecular complexity index is 324. The molecule has 0 aromatic heterocycles. The molecule has 1 aromatic carbocycles. The van der Waals surface area contributed by atoms with Crippen LogP contribution in [0.5, 0.6) is 0 Å². The Morgan fingerprint density at radius 3 is 2.56 bits per heavy atom. The molecule has 0 spiro atoms. The highest BCUT2D eigenvalue weighted by Gasteiger charge is 2.18. The van der Waals surface area contributed by atoms with E-state index in [4.69, 9.17) is 5.73 Å². The van der Waals surface area contributed by atoms with Crippen molar-refractivity contribution in [1.29, 1.82) is 0 Å². The summed E-state index contributed by atoms with van der Waals surface area (Å²) in [4.78, 5) is 13.8. The summed E-state index contributed by atoms with van der Waals surface area (Å²) in [6.07, 6.45) is 0.851. The molecule has 1 atom stereocenters. The lowest BCUT2D eigenvalue weighted by atomic mass is 10.00. The number of carbonyl (C=O) groups is 1. The highest BCUT2D eigenvalue weighted by molar-refractivity contribution is 5.83. The monoisotopic (exact) mass is 220 g/mol. The third kappa shape index (κ3) is 3.35. The van der Waals surface area contributed by atoms with Crippen LogP contribution in [0.25, 0.3) is 0 Å². The average Bonchev–Trinajstić information content (AvgIpc) is 2.35. The first-order valence-electron chi connectivity index (χ1n) is 5.66. The Hall–Kier alpha value is -1.35. The minimum atomic E-state index is -0.0797. The van der Waals surface area contributed by atoms with Gasteiger partial charge in [0.05, 0.1) is 5.92 Å². The van der Waals surface area contributed by atoms with Crippen LogP contribution >= 0.6 is 0 Å². The van der Waals surface area contributed by atoms with Gasteiger partial charge in [-0.05, 0) is 25.5 Å². The number of benzene rings is 1. The lowest BCUT2D eigenvalue weighted by Crippen LogP contribution is -2.32. The van der Waals surface area contributed by atoms with E-state index in [9.17, 15) is 4.79 Å². The zero-order valence-corrected chi connectivity index (χ0v) is 10.0. The van der Waals surface area contributed by atoms with Crippen molar-refractivity contribution in [3.05, 3.63) is 35.9 Å². The summed E-state index contributed by atoms with van der Waals surface area (Å²) in [6, 6.07) is 9.84. The molecule has 16 heavy (non-hydrogen) atoms. The zero-order chi connectivity index (χ0) is 12.0. The molecule has 0 fully saturated rings. The van der Waals surface area contributed by atoms with Gasteiger partial charge in [-0.25, -0.2) is 0 Å². The van der Waals surface area contributed by atoms with Gasteiger partial charge in [0, 0.05) is 13.6 Å². The fourth-order valence-corrected chi connectivity index (χ4v) is 1.65. The number of hydrogen-bond donors (Lipinski definition) is 1. The minimum Gasteiger partial charge on any atom is -0.345 e. The third-order valence-corrected chi connectivity index (χ3v) is 2.74. The molecule has 1 unspecified atom stereocenters. The molecule has 3 nitrogen and oxygen atoms in total. The summed E-state index contributed by atoms with van der Waals surface area (Å²) in [7, 11) is 1.83. The van der Waals surface area contributed by atoms with E-state index in [1.807, 2.05) is 44.3 Å². The van der Waals surface area contributed by atoms with Gasteiger partial charge in [0.2, 0.25) is 5.91 Å². The van der Waals surface area contributed by atoms with Gasteiger partial charge in [-0.15, -0.1) is 0 Å². The molecule has 0 aliphatic heterocycles. The summed E-state index contributed by atoms with van der Waals surface area (Å²) in [5.41, 5.74) is 6.49. The molecule has 0 aliphatic carbocycles. The van der Waals surface area contributed by atoms with Gasteiger partial charge in [-0.2, -0.15) is 0 Å². The summed E-state index contributed by atoms with van der Waals surface area (Å²) in [5.74, 6) is 0.0728. The summed E-state index contributed by atoms with van der Waals surface area (Å²) in [6.45, 7) is 3.29. The zero-order valence-electron chi connectivity index (χ0n) is 10.0. The van der Waals surface area contributed by atoms with Crippen molar-refractivity contribution in [2.45, 2.75) is 19.3 Å². The lowest BCUT2D eigenvalue weighted by Gasteiger charge is -2.21. The van der Waals surface area contributed by atoms with E-state index in [1.165, 1.54) is 0 Å². The highest BCUT2D eigenvalue weighted by atomic mass is 16.2. The number of nitrogens with two attached hydrogens (primary N) is 1. The van der Waals surface area contributed by atoms with Gasteiger partial charge >= 0.3 is 0 Å². The van der Waals surface area contributed by atoms with E-state index < -0.39 is 0 Å². The Labute approximate surface area is 97.2 Å². The molecule has 2 N–H and O–H groups in total. The molecule has 0 aliphatic rings. The number of rotatable bonds is 5. The van der Waals surface area contributed by atoms with Crippen molar-refractivity contribution in [3.8, 4) is 0 Å². The molecule has 88 valence electrons. The summed E-state index contributed by atoms with van der Waals surface area (Å²) < 4.78 is 0. The number of hydrogen-bond acceptors (Lipinski definition) is 2. The van der Waals surface area contributed by atoms with E-state index in [1.54, 1.807) is 4.90 Å². The summed E-state index contributed by atoms with van der Waals surface area (Å²) in [5, 5.41) is 0. The second-order valence-electron chi connectivity index (χ2n) is 4.03. The number of amides is 1. The molecule has 0 heterocycles. The highest BCUT2D eigenvalue weighted by Crippen LogP contribution is 2.16. The van der Waals surface area contributed by atoms with Gasteiger partial charge in [0.1, 0.15) is 0 Å². The fourth-order valence-electron chi connectivity index (χ4n) is 1.65. The van der Waals surface area contributed by atoms with Gasteiger partial charge < -0.3 is 10.6 Å². The molecular weight excluding hydrogens is 200 g/mol. The molecule has 1 aromatic rings. The molecule has 0 saturated heterocycles. The Morgan fingerprint density at radius 1 is 1.38 bits per heavy atom. The van der Waals surface area contributed by atoms with Crippen LogP contribution in [0, 0.1) is 0 Å². The minimum absolute atomic E-state index is 0.0797. The third-order valence-electron chi connectivity index (χ3n) is 2.74. The van der Waals surface area contributed by atoms with E-state index in [0.29, 0.717) is 6.54 Å². The maximum Gasteiger partial charge on any atom is 0.229 e. The molecule has 0 radical (unpaired) electrons. The number of likely N-dealkylation sites (N-methyl/N-ethyl adjacent to an activating group) is 1. The fraction of sp³-hybridized carbons (Fsp3) is 0.462. The van der Waals surface area contributed by atoms with Crippen LogP contribution in [-0.4, -0.2) is 30.9 Å². The number of carbonyl (C=O) groups excluding carboxylic acids is 1. The van der Waals surface area contributed by atoms with Crippen LogP contribution in [0.4, 0.5) is 0 Å². The van der Waals surface area contributed by atoms with Crippen LogP contribution in [0.3, 0.4) is 0 Å². The van der Waals surface area contributed by atoms with Crippen molar-refractivity contribution in [1.82, 2.24) is 4.90 Å². The molecule has 1 amide bonds. The normalized spacial score (nSPS) is 12.2. The van der Waals surface area contributed by atoms with Crippen LogP contribution in [0.1, 0.15) is 24.8 Å². The Kier molecular flexibility index (Phi) is 4.99. The Balaban J connectivity index is 2.60. The van der Waals surface area contributed by atoms with Crippen LogP contribution in [-0.2, 0) is 4.79 Å². The van der Waals surface area contributed by atoms with Crippen molar-refractivity contribution in [2.24, 2.45) is 5.73 Å². The van der Waals surface area contributed by atoms with E-state index in [-0.39, 0.29) is 11.8 Å². The maximum atomic E-state index is 12.0. The average molecular weight is 220 g/mol. The van der Waals surface area contributed by atoms with Crippen molar-refractivity contribution in [2.75, 3.05) is 20.1 Å². The lowest BCUT2D eigenvalue weighted by molar-refractivity contribution is -0.131. The first kappa shape index (κ1) is 12.7. The standard InChI is InChI=1S/C13H20N2O/c1-11(12-7-4-3-5-8-12)13(16)15(2)10-6-9-14/h3-5,7-8,11H,6,9-10,14H2,1-2H3. The second-order valence-corrected chi connectivity index (χ2v) is 4.03. The molecular formula is C13H20N2O. The van der Waals surface area contributed by atoms with Gasteiger partial charge in [0.25, 0.3) is 0 Å².